The lowest BCUT2D eigenvalue weighted by Gasteiger charge is -2.12. The van der Waals surface area contributed by atoms with Gasteiger partial charge in [0.15, 0.2) is 11.9 Å². The number of hydrogen-bond acceptors (Lipinski definition) is 5. The highest BCUT2D eigenvalue weighted by atomic mass is 79.9. The van der Waals surface area contributed by atoms with E-state index in [1.54, 1.807) is 26.1 Å². The molecular weight excluding hydrogens is 376 g/mol. The Morgan fingerprint density at radius 1 is 1.25 bits per heavy atom. The van der Waals surface area contributed by atoms with Crippen molar-refractivity contribution >= 4 is 33.5 Å². The standard InChI is InChI=1S/C17H17BrN2O4/c1-8-14(10(3)21)9(2)20-15(8)16(22)11(4)24-17(23)12-5-13(18)7-19-6-12/h5-7,11,20H,1-4H3/t11-/m0/s1. The Balaban J connectivity index is 2.20. The molecule has 0 aliphatic rings. The van der Waals surface area contributed by atoms with Gasteiger partial charge in [-0.2, -0.15) is 0 Å². The number of esters is 1. The first-order chi connectivity index (χ1) is 11.2. The molecule has 1 N–H and O–H groups in total. The number of nitrogens with zero attached hydrogens (tertiary/aromatic N) is 1. The minimum Gasteiger partial charge on any atom is -0.451 e. The number of pyridine rings is 1. The maximum absolute atomic E-state index is 12.5. The van der Waals surface area contributed by atoms with Crippen LogP contribution in [0.4, 0.5) is 0 Å². The number of carbonyl (C=O) groups excluding carboxylic acids is 3. The third-order valence-electron chi connectivity index (χ3n) is 3.63. The van der Waals surface area contributed by atoms with Gasteiger partial charge in [0.2, 0.25) is 5.78 Å². The van der Waals surface area contributed by atoms with E-state index in [1.807, 2.05) is 0 Å². The van der Waals surface area contributed by atoms with E-state index in [0.29, 0.717) is 21.3 Å². The lowest BCUT2D eigenvalue weighted by molar-refractivity contribution is 0.0316. The van der Waals surface area contributed by atoms with Crippen molar-refractivity contribution < 1.29 is 19.1 Å². The van der Waals surface area contributed by atoms with Gasteiger partial charge in [-0.25, -0.2) is 4.79 Å². The summed E-state index contributed by atoms with van der Waals surface area (Å²) in [7, 11) is 0. The minimum absolute atomic E-state index is 0.120. The SMILES string of the molecule is CC(=O)c1c(C)[nH]c(C(=O)[C@H](C)OC(=O)c2cncc(Br)c2)c1C. The van der Waals surface area contributed by atoms with Gasteiger partial charge in [0, 0.05) is 28.1 Å². The number of H-pyrrole nitrogens is 1. The van der Waals surface area contributed by atoms with Crippen molar-refractivity contribution in [2.24, 2.45) is 0 Å². The van der Waals surface area contributed by atoms with Crippen LogP contribution in [0.15, 0.2) is 22.9 Å². The zero-order valence-corrected chi connectivity index (χ0v) is 15.4. The number of carbonyl (C=O) groups is 3. The van der Waals surface area contributed by atoms with Gasteiger partial charge in [-0.15, -0.1) is 0 Å². The number of nitrogens with one attached hydrogen (secondary N) is 1. The van der Waals surface area contributed by atoms with Crippen LogP contribution in [0.3, 0.4) is 0 Å². The van der Waals surface area contributed by atoms with E-state index >= 15 is 0 Å². The lowest BCUT2D eigenvalue weighted by Crippen LogP contribution is -2.25. The fourth-order valence-corrected chi connectivity index (χ4v) is 2.90. The fourth-order valence-electron chi connectivity index (χ4n) is 2.53. The first-order valence-corrected chi connectivity index (χ1v) is 8.07. The number of halogens is 1. The summed E-state index contributed by atoms with van der Waals surface area (Å²) in [5.74, 6) is -1.15. The third kappa shape index (κ3) is 3.62. The smallest absolute Gasteiger partial charge is 0.340 e. The minimum atomic E-state index is -0.993. The number of ketones is 2. The molecule has 0 bridgehead atoms. The van der Waals surface area contributed by atoms with Gasteiger partial charge in [0.25, 0.3) is 0 Å². The van der Waals surface area contributed by atoms with E-state index in [9.17, 15) is 14.4 Å². The first kappa shape index (κ1) is 18.1. The molecular formula is C17H17BrN2O4. The Kier molecular flexibility index (Phi) is 5.33. The zero-order valence-electron chi connectivity index (χ0n) is 13.8. The molecule has 2 aromatic heterocycles. The number of ether oxygens (including phenoxy) is 1. The molecule has 2 heterocycles. The molecule has 1 atom stereocenters. The van der Waals surface area contributed by atoms with Crippen molar-refractivity contribution in [1.29, 1.82) is 0 Å². The summed E-state index contributed by atoms with van der Waals surface area (Å²) in [4.78, 5) is 43.1. The van der Waals surface area contributed by atoms with Crippen LogP contribution in [-0.2, 0) is 4.74 Å². The Morgan fingerprint density at radius 2 is 1.92 bits per heavy atom. The van der Waals surface area contributed by atoms with E-state index in [-0.39, 0.29) is 22.8 Å². The van der Waals surface area contributed by atoms with E-state index in [4.69, 9.17) is 4.74 Å². The number of hydrogen-bond donors (Lipinski definition) is 1. The van der Waals surface area contributed by atoms with Crippen LogP contribution < -0.4 is 0 Å². The van der Waals surface area contributed by atoms with Gasteiger partial charge in [0.05, 0.1) is 11.3 Å². The summed E-state index contributed by atoms with van der Waals surface area (Å²) in [6.45, 7) is 6.36. The number of Topliss-reactive ketones (excluding diaryl/α,β-unsaturated/α-hetero) is 2. The topological polar surface area (TPSA) is 89.1 Å². The summed E-state index contributed by atoms with van der Waals surface area (Å²) < 4.78 is 5.85. The van der Waals surface area contributed by atoms with Crippen LogP contribution in [0.25, 0.3) is 0 Å². The Bertz CT molecular complexity index is 826. The Hall–Kier alpha value is -2.28. The average Bonchev–Trinajstić information content (AvgIpc) is 2.81. The molecule has 0 radical (unpaired) electrons. The van der Waals surface area contributed by atoms with Crippen LogP contribution in [0.2, 0.25) is 0 Å². The van der Waals surface area contributed by atoms with E-state index in [1.165, 1.54) is 20.0 Å². The summed E-state index contributed by atoms with van der Waals surface area (Å²) in [5, 5.41) is 0. The van der Waals surface area contributed by atoms with Crippen LogP contribution in [0.5, 0.6) is 0 Å². The molecule has 0 aliphatic carbocycles. The van der Waals surface area contributed by atoms with Crippen LogP contribution in [-0.4, -0.2) is 33.6 Å². The second-order valence-corrected chi connectivity index (χ2v) is 6.40. The van der Waals surface area contributed by atoms with Crippen molar-refractivity contribution in [3.05, 3.63) is 51.0 Å². The molecule has 2 aromatic rings. The van der Waals surface area contributed by atoms with Gasteiger partial charge in [0.1, 0.15) is 0 Å². The van der Waals surface area contributed by atoms with Crippen molar-refractivity contribution in [2.75, 3.05) is 0 Å². The monoisotopic (exact) mass is 392 g/mol. The van der Waals surface area contributed by atoms with Crippen molar-refractivity contribution in [3.63, 3.8) is 0 Å². The van der Waals surface area contributed by atoms with Gasteiger partial charge < -0.3 is 9.72 Å². The molecule has 2 rings (SSSR count). The summed E-state index contributed by atoms with van der Waals surface area (Å²) in [5.41, 5.74) is 2.21. The summed E-state index contributed by atoms with van der Waals surface area (Å²) in [6.07, 6.45) is 1.91. The molecule has 0 amide bonds. The van der Waals surface area contributed by atoms with Crippen LogP contribution in [0, 0.1) is 13.8 Å². The number of aromatic amines is 1. The van der Waals surface area contributed by atoms with Crippen LogP contribution >= 0.6 is 15.9 Å². The fraction of sp³-hybridized carbons (Fsp3) is 0.294. The second kappa shape index (κ2) is 7.09. The number of aryl methyl sites for hydroxylation is 1. The highest BCUT2D eigenvalue weighted by Crippen LogP contribution is 2.21. The highest BCUT2D eigenvalue weighted by molar-refractivity contribution is 9.10. The van der Waals surface area contributed by atoms with E-state index < -0.39 is 12.1 Å². The second-order valence-electron chi connectivity index (χ2n) is 5.48. The molecule has 126 valence electrons. The first-order valence-electron chi connectivity index (χ1n) is 7.28. The molecule has 0 spiro atoms. The Labute approximate surface area is 147 Å². The van der Waals surface area contributed by atoms with Gasteiger partial charge in [-0.3, -0.25) is 14.6 Å². The van der Waals surface area contributed by atoms with Crippen LogP contribution in [0.1, 0.15) is 56.3 Å². The van der Waals surface area contributed by atoms with E-state index in [0.717, 1.165) is 0 Å². The average molecular weight is 393 g/mol. The lowest BCUT2D eigenvalue weighted by atomic mass is 10.0. The molecule has 0 aromatic carbocycles. The number of aromatic nitrogens is 2. The highest BCUT2D eigenvalue weighted by Gasteiger charge is 2.26. The van der Waals surface area contributed by atoms with Crippen molar-refractivity contribution in [2.45, 2.75) is 33.8 Å². The predicted octanol–water partition coefficient (Wildman–Crippen LogP) is 3.42. The van der Waals surface area contributed by atoms with Crippen molar-refractivity contribution in [1.82, 2.24) is 9.97 Å². The van der Waals surface area contributed by atoms with E-state index in [2.05, 4.69) is 25.9 Å². The zero-order chi connectivity index (χ0) is 18.0. The van der Waals surface area contributed by atoms with Gasteiger partial charge in [-0.1, -0.05) is 0 Å². The molecule has 6 nitrogen and oxygen atoms in total. The predicted molar refractivity (Wildman–Crippen MR) is 91.4 cm³/mol. The molecule has 7 heteroatoms. The van der Waals surface area contributed by atoms with Crippen molar-refractivity contribution in [3.8, 4) is 0 Å². The third-order valence-corrected chi connectivity index (χ3v) is 4.06. The Morgan fingerprint density at radius 3 is 2.46 bits per heavy atom. The molecule has 0 saturated heterocycles. The van der Waals surface area contributed by atoms with Gasteiger partial charge in [-0.05, 0) is 55.3 Å². The molecule has 0 saturated carbocycles. The molecule has 0 unspecified atom stereocenters. The summed E-state index contributed by atoms with van der Waals surface area (Å²) >= 11 is 3.22. The normalized spacial score (nSPS) is 11.9. The quantitative estimate of drug-likeness (QED) is 0.621. The maximum Gasteiger partial charge on any atom is 0.340 e. The largest absolute Gasteiger partial charge is 0.451 e. The maximum atomic E-state index is 12.5. The molecule has 0 fully saturated rings. The van der Waals surface area contributed by atoms with Gasteiger partial charge >= 0.3 is 5.97 Å². The molecule has 24 heavy (non-hydrogen) atoms. The summed E-state index contributed by atoms with van der Waals surface area (Å²) in [6, 6.07) is 1.56. The number of rotatable bonds is 5. The molecule has 0 aliphatic heterocycles.